The fraction of sp³-hybridized carbons (Fsp3) is 0.400. The lowest BCUT2D eigenvalue weighted by atomic mass is 10.2. The Morgan fingerprint density at radius 1 is 1.05 bits per heavy atom. The molecular weight excluding hydrogens is 368 g/mol. The van der Waals surface area contributed by atoms with Crippen LogP contribution in [0.4, 0.5) is 0 Å². The second-order valence-electron chi connectivity index (χ2n) is 4.54. The minimum absolute atomic E-state index is 0.000344. The number of rotatable bonds is 1. The van der Waals surface area contributed by atoms with E-state index in [1.54, 1.807) is 0 Å². The third kappa shape index (κ3) is 2.18. The summed E-state index contributed by atoms with van der Waals surface area (Å²) in [7, 11) is -3.06. The van der Waals surface area contributed by atoms with E-state index >= 15 is 0 Å². The predicted molar refractivity (Wildman–Crippen MR) is 79.9 cm³/mol. The fourth-order valence-electron chi connectivity index (χ4n) is 2.27. The number of aromatic nitrogens is 3. The Kier molecular flexibility index (Phi) is 3.58. The number of hydrogen-bond donors (Lipinski definition) is 0. The first-order valence-corrected chi connectivity index (χ1v) is 8.92. The molecule has 2 aromatic rings. The molecule has 1 saturated heterocycles. The van der Waals surface area contributed by atoms with Gasteiger partial charge in [-0.25, -0.2) is 13.1 Å². The second kappa shape index (κ2) is 4.88. The van der Waals surface area contributed by atoms with Crippen molar-refractivity contribution in [3.8, 4) is 0 Å². The Labute approximate surface area is 134 Å². The van der Waals surface area contributed by atoms with Gasteiger partial charge < -0.3 is 0 Å². The SMILES string of the molecule is O=S1(=O)CCC(n2nnc3c(Cl)c(Cl)c(Cl)c(Cl)c32)C1. The van der Waals surface area contributed by atoms with Crippen molar-refractivity contribution in [1.82, 2.24) is 15.0 Å². The summed E-state index contributed by atoms with van der Waals surface area (Å²) in [5.41, 5.74) is 0.725. The highest BCUT2D eigenvalue weighted by Crippen LogP contribution is 2.43. The van der Waals surface area contributed by atoms with Crippen molar-refractivity contribution in [2.45, 2.75) is 12.5 Å². The topological polar surface area (TPSA) is 64.8 Å². The van der Waals surface area contributed by atoms with Crippen molar-refractivity contribution in [2.24, 2.45) is 0 Å². The van der Waals surface area contributed by atoms with Crippen molar-refractivity contribution in [1.29, 1.82) is 0 Å². The summed E-state index contributed by atoms with van der Waals surface area (Å²) in [4.78, 5) is 0. The van der Waals surface area contributed by atoms with Crippen LogP contribution in [-0.4, -0.2) is 34.9 Å². The van der Waals surface area contributed by atoms with Crippen molar-refractivity contribution < 1.29 is 8.42 Å². The molecule has 0 bridgehead atoms. The van der Waals surface area contributed by atoms with Gasteiger partial charge in [-0.15, -0.1) is 5.10 Å². The second-order valence-corrected chi connectivity index (χ2v) is 8.28. The van der Waals surface area contributed by atoms with Gasteiger partial charge in [0.1, 0.15) is 11.0 Å². The van der Waals surface area contributed by atoms with Gasteiger partial charge in [-0.05, 0) is 6.42 Å². The van der Waals surface area contributed by atoms with Crippen LogP contribution in [0.5, 0.6) is 0 Å². The highest BCUT2D eigenvalue weighted by atomic mass is 35.5. The standard InChI is InChI=1S/C10H7Cl4N3O2S/c11-5-6(12)8(14)10-9(7(5)13)15-16-17(10)4-1-2-20(18,19)3-4/h4H,1-3H2. The molecule has 20 heavy (non-hydrogen) atoms. The Balaban J connectivity index is 2.24. The fourth-order valence-corrected chi connectivity index (χ4v) is 4.92. The summed E-state index contributed by atoms with van der Waals surface area (Å²) >= 11 is 24.2. The summed E-state index contributed by atoms with van der Waals surface area (Å²) in [5, 5.41) is 8.44. The molecule has 0 spiro atoms. The number of nitrogens with zero attached hydrogens (tertiary/aromatic N) is 3. The van der Waals surface area contributed by atoms with Crippen LogP contribution in [-0.2, 0) is 9.84 Å². The molecule has 0 radical (unpaired) electrons. The molecule has 0 amide bonds. The lowest BCUT2D eigenvalue weighted by molar-refractivity contribution is 0.499. The van der Waals surface area contributed by atoms with E-state index in [0.717, 1.165) is 0 Å². The van der Waals surface area contributed by atoms with Crippen LogP contribution in [0.2, 0.25) is 20.1 Å². The molecule has 1 aliphatic rings. The van der Waals surface area contributed by atoms with Crippen LogP contribution in [0.1, 0.15) is 12.5 Å². The minimum Gasteiger partial charge on any atom is -0.239 e. The third-order valence-electron chi connectivity index (χ3n) is 3.24. The Morgan fingerprint density at radius 3 is 2.30 bits per heavy atom. The van der Waals surface area contributed by atoms with E-state index < -0.39 is 9.84 Å². The van der Waals surface area contributed by atoms with Gasteiger partial charge in [-0.1, -0.05) is 51.6 Å². The number of halogens is 4. The van der Waals surface area contributed by atoms with E-state index in [0.29, 0.717) is 17.5 Å². The average molecular weight is 375 g/mol. The first-order chi connectivity index (χ1) is 9.32. The smallest absolute Gasteiger partial charge is 0.152 e. The average Bonchev–Trinajstić information content (AvgIpc) is 2.97. The van der Waals surface area contributed by atoms with Crippen LogP contribution in [0.3, 0.4) is 0 Å². The molecule has 2 heterocycles. The molecule has 0 N–H and O–H groups in total. The van der Waals surface area contributed by atoms with Crippen LogP contribution >= 0.6 is 46.4 Å². The van der Waals surface area contributed by atoms with E-state index in [1.807, 2.05) is 0 Å². The quantitative estimate of drug-likeness (QED) is 0.566. The van der Waals surface area contributed by atoms with Gasteiger partial charge in [0.2, 0.25) is 0 Å². The zero-order valence-corrected chi connectivity index (χ0v) is 13.6. The Hall–Kier alpha value is -0.270. The maximum absolute atomic E-state index is 11.6. The highest BCUT2D eigenvalue weighted by Gasteiger charge is 2.32. The molecule has 1 fully saturated rings. The lowest BCUT2D eigenvalue weighted by Crippen LogP contribution is -2.12. The largest absolute Gasteiger partial charge is 0.239 e. The van der Waals surface area contributed by atoms with Crippen molar-refractivity contribution in [2.75, 3.05) is 11.5 Å². The Morgan fingerprint density at radius 2 is 1.70 bits per heavy atom. The molecule has 0 aliphatic carbocycles. The zero-order valence-electron chi connectivity index (χ0n) is 9.78. The molecule has 5 nitrogen and oxygen atoms in total. The molecule has 1 aromatic carbocycles. The van der Waals surface area contributed by atoms with E-state index in [9.17, 15) is 8.42 Å². The molecule has 1 atom stereocenters. The highest BCUT2D eigenvalue weighted by molar-refractivity contribution is 7.91. The van der Waals surface area contributed by atoms with Gasteiger partial charge in [-0.2, -0.15) is 0 Å². The van der Waals surface area contributed by atoms with Gasteiger partial charge in [0.15, 0.2) is 9.84 Å². The maximum atomic E-state index is 11.6. The molecule has 1 aromatic heterocycles. The van der Waals surface area contributed by atoms with E-state index in [4.69, 9.17) is 46.4 Å². The molecular formula is C10H7Cl4N3O2S. The van der Waals surface area contributed by atoms with E-state index in [-0.39, 0.29) is 37.6 Å². The van der Waals surface area contributed by atoms with E-state index in [2.05, 4.69) is 10.3 Å². The molecule has 1 aliphatic heterocycles. The summed E-state index contributed by atoms with van der Waals surface area (Å²) in [6.07, 6.45) is 0.453. The summed E-state index contributed by atoms with van der Waals surface area (Å²) in [6, 6.07) is -0.323. The molecule has 108 valence electrons. The van der Waals surface area contributed by atoms with Gasteiger partial charge >= 0.3 is 0 Å². The molecule has 3 rings (SSSR count). The van der Waals surface area contributed by atoms with Crippen molar-refractivity contribution in [3.63, 3.8) is 0 Å². The van der Waals surface area contributed by atoms with Crippen LogP contribution in [0, 0.1) is 0 Å². The normalized spacial score (nSPS) is 21.7. The summed E-state index contributed by atoms with van der Waals surface area (Å²) in [5.74, 6) is 0.116. The molecule has 1 unspecified atom stereocenters. The Bertz CT molecular complexity index is 818. The predicted octanol–water partition coefficient (Wildman–Crippen LogP) is 3.40. The maximum Gasteiger partial charge on any atom is 0.152 e. The van der Waals surface area contributed by atoms with Crippen molar-refractivity contribution in [3.05, 3.63) is 20.1 Å². The first-order valence-electron chi connectivity index (χ1n) is 5.59. The monoisotopic (exact) mass is 373 g/mol. The third-order valence-corrected chi connectivity index (χ3v) is 6.78. The van der Waals surface area contributed by atoms with Crippen LogP contribution in [0.15, 0.2) is 0 Å². The van der Waals surface area contributed by atoms with Gasteiger partial charge in [0, 0.05) is 0 Å². The number of fused-ring (bicyclic) bond motifs is 1. The summed E-state index contributed by atoms with van der Waals surface area (Å²) < 4.78 is 24.6. The van der Waals surface area contributed by atoms with Gasteiger partial charge in [0.25, 0.3) is 0 Å². The van der Waals surface area contributed by atoms with Gasteiger partial charge in [0.05, 0.1) is 37.6 Å². The van der Waals surface area contributed by atoms with Crippen molar-refractivity contribution >= 4 is 67.3 Å². The summed E-state index contributed by atoms with van der Waals surface area (Å²) in [6.45, 7) is 0. The number of benzene rings is 1. The van der Waals surface area contributed by atoms with Gasteiger partial charge in [-0.3, -0.25) is 0 Å². The minimum atomic E-state index is -3.06. The van der Waals surface area contributed by atoms with Crippen LogP contribution < -0.4 is 0 Å². The molecule has 10 heteroatoms. The first kappa shape index (κ1) is 14.7. The zero-order chi connectivity index (χ0) is 14.7. The molecule has 0 saturated carbocycles. The van der Waals surface area contributed by atoms with E-state index in [1.165, 1.54) is 4.68 Å². The van der Waals surface area contributed by atoms with Crippen LogP contribution in [0.25, 0.3) is 11.0 Å². The lowest BCUT2D eigenvalue weighted by Gasteiger charge is -2.11. The number of sulfone groups is 1. The number of hydrogen-bond acceptors (Lipinski definition) is 4.